The van der Waals surface area contributed by atoms with Crippen molar-refractivity contribution in [2.75, 3.05) is 19.6 Å². The van der Waals surface area contributed by atoms with Crippen LogP contribution in [-0.2, 0) is 10.0 Å². The second-order valence-electron chi connectivity index (χ2n) is 5.18. The van der Waals surface area contributed by atoms with Crippen LogP contribution in [-0.4, -0.2) is 32.4 Å². The molecule has 4 nitrogen and oxygen atoms in total. The molecule has 1 aromatic rings. The van der Waals surface area contributed by atoms with Gasteiger partial charge in [0.1, 0.15) is 5.82 Å². The van der Waals surface area contributed by atoms with Crippen LogP contribution >= 0.6 is 28.3 Å². The Morgan fingerprint density at radius 1 is 1.50 bits per heavy atom. The Morgan fingerprint density at radius 2 is 2.15 bits per heavy atom. The first-order valence-corrected chi connectivity index (χ1v) is 8.17. The van der Waals surface area contributed by atoms with Gasteiger partial charge in [-0.05, 0) is 52.5 Å². The lowest BCUT2D eigenvalue weighted by molar-refractivity contribution is 0.349. The SMILES string of the molecule is CC1(CN)CCN(S(=O)(=O)c2ccc(Br)c(F)c2)C1.Cl. The van der Waals surface area contributed by atoms with Crippen molar-refractivity contribution in [3.05, 3.63) is 28.5 Å². The van der Waals surface area contributed by atoms with Crippen LogP contribution in [0.1, 0.15) is 13.3 Å². The molecular weight excluding hydrogens is 371 g/mol. The third-order valence-corrected chi connectivity index (χ3v) is 6.03. The largest absolute Gasteiger partial charge is 0.330 e. The number of nitrogens with two attached hydrogens (primary N) is 1. The fourth-order valence-electron chi connectivity index (χ4n) is 2.14. The van der Waals surface area contributed by atoms with Crippen LogP contribution in [0.4, 0.5) is 4.39 Å². The predicted molar refractivity (Wildman–Crippen MR) is 81.9 cm³/mol. The fraction of sp³-hybridized carbons (Fsp3) is 0.500. The molecule has 1 saturated heterocycles. The van der Waals surface area contributed by atoms with Gasteiger partial charge in [0.15, 0.2) is 0 Å². The Kier molecular flexibility index (Phi) is 5.60. The van der Waals surface area contributed by atoms with Gasteiger partial charge < -0.3 is 5.73 Å². The Hall–Kier alpha value is -0.210. The lowest BCUT2D eigenvalue weighted by atomic mass is 9.90. The zero-order chi connectivity index (χ0) is 14.3. The van der Waals surface area contributed by atoms with Gasteiger partial charge in [0.25, 0.3) is 0 Å². The number of rotatable bonds is 3. The Balaban J connectivity index is 0.00000200. The zero-order valence-electron chi connectivity index (χ0n) is 11.0. The van der Waals surface area contributed by atoms with Crippen LogP contribution in [0.15, 0.2) is 27.6 Å². The molecule has 1 atom stereocenters. The second kappa shape index (κ2) is 6.27. The molecule has 1 heterocycles. The summed E-state index contributed by atoms with van der Waals surface area (Å²) in [6.45, 7) is 3.20. The molecule has 1 aromatic carbocycles. The maximum Gasteiger partial charge on any atom is 0.243 e. The topological polar surface area (TPSA) is 63.4 Å². The Morgan fingerprint density at radius 3 is 2.65 bits per heavy atom. The third kappa shape index (κ3) is 3.33. The Labute approximate surface area is 133 Å². The van der Waals surface area contributed by atoms with E-state index in [1.54, 1.807) is 0 Å². The van der Waals surface area contributed by atoms with Crippen molar-refractivity contribution < 1.29 is 12.8 Å². The number of hydrogen-bond donors (Lipinski definition) is 1. The zero-order valence-corrected chi connectivity index (χ0v) is 14.2. The molecule has 0 bridgehead atoms. The van der Waals surface area contributed by atoms with E-state index in [9.17, 15) is 12.8 Å². The molecule has 8 heteroatoms. The van der Waals surface area contributed by atoms with Crippen LogP contribution in [0.2, 0.25) is 0 Å². The van der Waals surface area contributed by atoms with Crippen molar-refractivity contribution in [2.45, 2.75) is 18.2 Å². The molecule has 0 aromatic heterocycles. The molecule has 2 N–H and O–H groups in total. The summed E-state index contributed by atoms with van der Waals surface area (Å²) in [5.74, 6) is -0.582. The number of halogens is 3. The molecule has 1 aliphatic rings. The van der Waals surface area contributed by atoms with Crippen molar-refractivity contribution in [3.8, 4) is 0 Å². The number of nitrogens with zero attached hydrogens (tertiary/aromatic N) is 1. The summed E-state index contributed by atoms with van der Waals surface area (Å²) < 4.78 is 39.9. The minimum atomic E-state index is -3.64. The van der Waals surface area contributed by atoms with Crippen LogP contribution < -0.4 is 5.73 Å². The highest BCUT2D eigenvalue weighted by atomic mass is 79.9. The monoisotopic (exact) mass is 386 g/mol. The maximum atomic E-state index is 13.5. The van der Waals surface area contributed by atoms with Gasteiger partial charge in [0.2, 0.25) is 10.0 Å². The molecule has 0 saturated carbocycles. The fourth-order valence-corrected chi connectivity index (χ4v) is 3.99. The molecule has 0 radical (unpaired) electrons. The van der Waals surface area contributed by atoms with Gasteiger partial charge in [0, 0.05) is 13.1 Å². The van der Waals surface area contributed by atoms with Crippen molar-refractivity contribution in [1.82, 2.24) is 4.31 Å². The average molecular weight is 388 g/mol. The first-order chi connectivity index (χ1) is 8.78. The predicted octanol–water partition coefficient (Wildman–Crippen LogP) is 2.37. The third-order valence-electron chi connectivity index (χ3n) is 3.54. The highest BCUT2D eigenvalue weighted by molar-refractivity contribution is 9.10. The van der Waals surface area contributed by atoms with Gasteiger partial charge in [-0.3, -0.25) is 0 Å². The van der Waals surface area contributed by atoms with Crippen LogP contribution in [0.3, 0.4) is 0 Å². The lowest BCUT2D eigenvalue weighted by Crippen LogP contribution is -2.34. The summed E-state index contributed by atoms with van der Waals surface area (Å²) in [6, 6.07) is 3.85. The van der Waals surface area contributed by atoms with Gasteiger partial charge >= 0.3 is 0 Å². The molecule has 1 fully saturated rings. The highest BCUT2D eigenvalue weighted by Gasteiger charge is 2.39. The molecule has 1 unspecified atom stereocenters. The molecule has 0 amide bonds. The molecular formula is C12H17BrClFN2O2S. The van der Waals surface area contributed by atoms with E-state index in [4.69, 9.17) is 5.73 Å². The van der Waals surface area contributed by atoms with Crippen LogP contribution in [0, 0.1) is 11.2 Å². The lowest BCUT2D eigenvalue weighted by Gasteiger charge is -2.22. The van der Waals surface area contributed by atoms with Gasteiger partial charge in [0.05, 0.1) is 9.37 Å². The maximum absolute atomic E-state index is 13.5. The Bertz CT molecular complexity index is 599. The molecule has 2 rings (SSSR count). The van der Waals surface area contributed by atoms with E-state index < -0.39 is 15.8 Å². The van der Waals surface area contributed by atoms with Gasteiger partial charge in [-0.2, -0.15) is 4.31 Å². The van der Waals surface area contributed by atoms with Crippen molar-refractivity contribution in [2.24, 2.45) is 11.1 Å². The number of sulfonamides is 1. The number of hydrogen-bond acceptors (Lipinski definition) is 3. The van der Waals surface area contributed by atoms with E-state index in [0.29, 0.717) is 19.6 Å². The van der Waals surface area contributed by atoms with Crippen LogP contribution in [0.5, 0.6) is 0 Å². The molecule has 1 aliphatic heterocycles. The summed E-state index contributed by atoms with van der Waals surface area (Å²) in [4.78, 5) is -0.0190. The van der Waals surface area contributed by atoms with Crippen molar-refractivity contribution in [3.63, 3.8) is 0 Å². The van der Waals surface area contributed by atoms with Gasteiger partial charge in [-0.15, -0.1) is 12.4 Å². The molecule has 114 valence electrons. The summed E-state index contributed by atoms with van der Waals surface area (Å²) in [7, 11) is -3.64. The van der Waals surface area contributed by atoms with Crippen molar-refractivity contribution in [1.29, 1.82) is 0 Å². The number of benzene rings is 1. The van der Waals surface area contributed by atoms with Gasteiger partial charge in [-0.1, -0.05) is 6.92 Å². The normalized spacial score (nSPS) is 23.6. The van der Waals surface area contributed by atoms with E-state index in [1.807, 2.05) is 6.92 Å². The minimum absolute atomic E-state index is 0. The second-order valence-corrected chi connectivity index (χ2v) is 7.97. The average Bonchev–Trinajstić information content (AvgIpc) is 2.77. The van der Waals surface area contributed by atoms with E-state index in [2.05, 4.69) is 15.9 Å². The van der Waals surface area contributed by atoms with E-state index in [-0.39, 0.29) is 27.2 Å². The standard InChI is InChI=1S/C12H16BrFN2O2S.ClH/c1-12(7-15)4-5-16(8-12)19(17,18)9-2-3-10(13)11(14)6-9;/h2-3,6H,4-5,7-8,15H2,1H3;1H. The first kappa shape index (κ1) is 17.8. The quantitative estimate of drug-likeness (QED) is 0.866. The first-order valence-electron chi connectivity index (χ1n) is 5.94. The smallest absolute Gasteiger partial charge is 0.243 e. The van der Waals surface area contributed by atoms with E-state index in [0.717, 1.165) is 12.5 Å². The summed E-state index contributed by atoms with van der Waals surface area (Å²) in [6.07, 6.45) is 0.724. The molecule has 20 heavy (non-hydrogen) atoms. The highest BCUT2D eigenvalue weighted by Crippen LogP contribution is 2.33. The molecule has 0 aliphatic carbocycles. The van der Waals surface area contributed by atoms with E-state index in [1.165, 1.54) is 16.4 Å². The molecule has 0 spiro atoms. The summed E-state index contributed by atoms with van der Waals surface area (Å²) in [5.41, 5.74) is 5.48. The van der Waals surface area contributed by atoms with Crippen molar-refractivity contribution >= 4 is 38.4 Å². The summed E-state index contributed by atoms with van der Waals surface area (Å²) in [5, 5.41) is 0. The van der Waals surface area contributed by atoms with Gasteiger partial charge in [-0.25, -0.2) is 12.8 Å². The van der Waals surface area contributed by atoms with Crippen LogP contribution in [0.25, 0.3) is 0 Å². The summed E-state index contributed by atoms with van der Waals surface area (Å²) >= 11 is 3.01. The van der Waals surface area contributed by atoms with E-state index >= 15 is 0 Å². The minimum Gasteiger partial charge on any atom is -0.330 e.